The zero-order valence-electron chi connectivity index (χ0n) is 22.4. The van der Waals surface area contributed by atoms with Crippen LogP contribution < -0.4 is 0 Å². The van der Waals surface area contributed by atoms with E-state index in [1.54, 1.807) is 0 Å². The summed E-state index contributed by atoms with van der Waals surface area (Å²) in [6, 6.07) is 18.3. The van der Waals surface area contributed by atoms with E-state index in [1.165, 1.54) is 99.3 Å². The van der Waals surface area contributed by atoms with E-state index in [0.29, 0.717) is 6.61 Å². The van der Waals surface area contributed by atoms with Crippen LogP contribution in [0.1, 0.15) is 120 Å². The van der Waals surface area contributed by atoms with Gasteiger partial charge in [0, 0.05) is 0 Å². The lowest BCUT2D eigenvalue weighted by atomic mass is 9.77. The molecular weight excluding hydrogens is 428 g/mol. The molecule has 0 N–H and O–H groups in total. The first-order chi connectivity index (χ1) is 17.3. The average Bonchev–Trinajstić information content (AvgIpc) is 2.92. The minimum Gasteiger partial charge on any atom is -0.373 e. The van der Waals surface area contributed by atoms with Gasteiger partial charge >= 0.3 is 0 Å². The Hall–Kier alpha value is -1.64. The largest absolute Gasteiger partial charge is 0.373 e. The summed E-state index contributed by atoms with van der Waals surface area (Å²) in [6.07, 6.45) is 17.8. The van der Waals surface area contributed by atoms with Crippen LogP contribution in [-0.4, -0.2) is 19.3 Å². The maximum absolute atomic E-state index is 6.17. The Morgan fingerprint density at radius 3 is 1.80 bits per heavy atom. The average molecular weight is 477 g/mol. The van der Waals surface area contributed by atoms with E-state index in [1.807, 2.05) is 0 Å². The minimum absolute atomic E-state index is 0.0652. The number of ether oxygens (including phenoxy) is 2. The Morgan fingerprint density at radius 2 is 1.20 bits per heavy atom. The standard InChI is InChI=1S/C33H48O2/c1-3-5-7-9-11-32-24-35-33(25-34-32)31-22-20-30(21-23-31)29-18-16-28(17-19-29)27-14-12-26(13-15-27)10-8-6-4-2/h16-23,26-27,32-33H,3-15,24-25H2,1-2H3/t26-,27-,32-,33-/m0/s1. The summed E-state index contributed by atoms with van der Waals surface area (Å²) in [5.74, 6) is 1.73. The van der Waals surface area contributed by atoms with E-state index in [2.05, 4.69) is 62.4 Å². The number of unbranched alkanes of at least 4 members (excludes halogenated alkanes) is 5. The fraction of sp³-hybridized carbons (Fsp3) is 0.636. The molecule has 1 saturated heterocycles. The maximum atomic E-state index is 6.17. The second-order valence-corrected chi connectivity index (χ2v) is 11.1. The molecule has 2 aromatic rings. The van der Waals surface area contributed by atoms with Gasteiger partial charge in [0.15, 0.2) is 0 Å². The van der Waals surface area contributed by atoms with Gasteiger partial charge in [-0.25, -0.2) is 0 Å². The first-order valence-corrected chi connectivity index (χ1v) is 14.7. The minimum atomic E-state index is 0.0652. The van der Waals surface area contributed by atoms with Crippen LogP contribution in [0.3, 0.4) is 0 Å². The highest BCUT2D eigenvalue weighted by Gasteiger charge is 2.24. The molecule has 0 spiro atoms. The summed E-state index contributed by atoms with van der Waals surface area (Å²) >= 11 is 0. The van der Waals surface area contributed by atoms with Gasteiger partial charge in [0.2, 0.25) is 0 Å². The third kappa shape index (κ3) is 7.92. The SMILES string of the molecule is CCCCCC[C@H]1CO[C@H](c2ccc(-c3ccc([C@H]4CC[C@H](CCCCC)CC4)cc3)cc2)CO1. The van der Waals surface area contributed by atoms with Crippen molar-refractivity contribution in [3.63, 3.8) is 0 Å². The lowest BCUT2D eigenvalue weighted by molar-refractivity contribution is -0.137. The van der Waals surface area contributed by atoms with Gasteiger partial charge in [-0.1, -0.05) is 114 Å². The van der Waals surface area contributed by atoms with Crippen molar-refractivity contribution >= 4 is 0 Å². The third-order valence-electron chi connectivity index (χ3n) is 8.41. The van der Waals surface area contributed by atoms with Crippen molar-refractivity contribution in [1.82, 2.24) is 0 Å². The smallest absolute Gasteiger partial charge is 0.106 e. The van der Waals surface area contributed by atoms with E-state index >= 15 is 0 Å². The van der Waals surface area contributed by atoms with Crippen LogP contribution in [-0.2, 0) is 9.47 Å². The fourth-order valence-corrected chi connectivity index (χ4v) is 6.01. The molecule has 0 aromatic heterocycles. The van der Waals surface area contributed by atoms with Crippen LogP contribution >= 0.6 is 0 Å². The van der Waals surface area contributed by atoms with Crippen molar-refractivity contribution in [2.45, 2.75) is 115 Å². The van der Waals surface area contributed by atoms with Gasteiger partial charge in [-0.05, 0) is 66.2 Å². The normalized spacial score (nSPS) is 25.0. The van der Waals surface area contributed by atoms with Crippen LogP contribution in [0.5, 0.6) is 0 Å². The Morgan fingerprint density at radius 1 is 0.600 bits per heavy atom. The van der Waals surface area contributed by atoms with Gasteiger partial charge < -0.3 is 9.47 Å². The number of hydrogen-bond acceptors (Lipinski definition) is 2. The van der Waals surface area contributed by atoms with Crippen molar-refractivity contribution in [2.75, 3.05) is 13.2 Å². The molecule has 0 unspecified atom stereocenters. The van der Waals surface area contributed by atoms with Crippen molar-refractivity contribution in [3.8, 4) is 11.1 Å². The molecule has 192 valence electrons. The monoisotopic (exact) mass is 476 g/mol. The maximum Gasteiger partial charge on any atom is 0.106 e. The van der Waals surface area contributed by atoms with Crippen molar-refractivity contribution in [3.05, 3.63) is 59.7 Å². The van der Waals surface area contributed by atoms with Crippen molar-refractivity contribution < 1.29 is 9.47 Å². The number of rotatable bonds is 12. The Bertz CT molecular complexity index is 824. The molecule has 1 aliphatic carbocycles. The van der Waals surface area contributed by atoms with Gasteiger partial charge in [-0.2, -0.15) is 0 Å². The lowest BCUT2D eigenvalue weighted by Gasteiger charge is -2.30. The predicted octanol–water partition coefficient (Wildman–Crippen LogP) is 9.63. The van der Waals surface area contributed by atoms with Gasteiger partial charge in [0.05, 0.1) is 19.3 Å². The first kappa shape index (κ1) is 26.4. The van der Waals surface area contributed by atoms with Gasteiger partial charge in [-0.3, -0.25) is 0 Å². The van der Waals surface area contributed by atoms with Crippen LogP contribution in [0.25, 0.3) is 11.1 Å². The van der Waals surface area contributed by atoms with E-state index in [-0.39, 0.29) is 12.2 Å². The molecule has 2 nitrogen and oxygen atoms in total. The molecule has 4 rings (SSSR count). The quantitative estimate of drug-likeness (QED) is 0.284. The lowest BCUT2D eigenvalue weighted by Crippen LogP contribution is -2.31. The highest BCUT2D eigenvalue weighted by Crippen LogP contribution is 2.38. The first-order valence-electron chi connectivity index (χ1n) is 14.7. The molecule has 2 fully saturated rings. The van der Waals surface area contributed by atoms with Crippen molar-refractivity contribution in [2.24, 2.45) is 5.92 Å². The second kappa shape index (κ2) is 14.2. The highest BCUT2D eigenvalue weighted by atomic mass is 16.6. The molecule has 1 heterocycles. The molecule has 0 bridgehead atoms. The molecule has 0 radical (unpaired) electrons. The Balaban J connectivity index is 1.23. The van der Waals surface area contributed by atoms with E-state index in [0.717, 1.165) is 24.9 Å². The van der Waals surface area contributed by atoms with Gasteiger partial charge in [-0.15, -0.1) is 0 Å². The number of hydrogen-bond donors (Lipinski definition) is 0. The third-order valence-corrected chi connectivity index (χ3v) is 8.41. The number of benzene rings is 2. The molecular formula is C33H48O2. The van der Waals surface area contributed by atoms with Gasteiger partial charge in [0.25, 0.3) is 0 Å². The van der Waals surface area contributed by atoms with Gasteiger partial charge in [0.1, 0.15) is 6.10 Å². The topological polar surface area (TPSA) is 18.5 Å². The Kier molecular flexibility index (Phi) is 10.7. The summed E-state index contributed by atoms with van der Waals surface area (Å²) in [5, 5.41) is 0. The molecule has 2 aliphatic rings. The zero-order valence-corrected chi connectivity index (χ0v) is 22.4. The zero-order chi connectivity index (χ0) is 24.3. The summed E-state index contributed by atoms with van der Waals surface area (Å²) in [6.45, 7) is 5.96. The van der Waals surface area contributed by atoms with E-state index < -0.39 is 0 Å². The van der Waals surface area contributed by atoms with E-state index in [4.69, 9.17) is 9.47 Å². The molecule has 2 atom stereocenters. The summed E-state index contributed by atoms with van der Waals surface area (Å²) in [4.78, 5) is 0. The Labute approximate surface area is 214 Å². The summed E-state index contributed by atoms with van der Waals surface area (Å²) in [7, 11) is 0. The molecule has 35 heavy (non-hydrogen) atoms. The van der Waals surface area contributed by atoms with Crippen LogP contribution in [0.15, 0.2) is 48.5 Å². The molecule has 2 aromatic carbocycles. The molecule has 2 heteroatoms. The fourth-order valence-electron chi connectivity index (χ4n) is 6.01. The van der Waals surface area contributed by atoms with Crippen LogP contribution in [0, 0.1) is 5.92 Å². The molecule has 1 aliphatic heterocycles. The van der Waals surface area contributed by atoms with Crippen LogP contribution in [0.4, 0.5) is 0 Å². The predicted molar refractivity (Wildman–Crippen MR) is 148 cm³/mol. The molecule has 0 amide bonds. The summed E-state index contributed by atoms with van der Waals surface area (Å²) in [5.41, 5.74) is 5.35. The second-order valence-electron chi connectivity index (χ2n) is 11.1. The van der Waals surface area contributed by atoms with E-state index in [9.17, 15) is 0 Å². The van der Waals surface area contributed by atoms with Crippen molar-refractivity contribution in [1.29, 1.82) is 0 Å². The molecule has 1 saturated carbocycles. The van der Waals surface area contributed by atoms with Crippen LogP contribution in [0.2, 0.25) is 0 Å². The summed E-state index contributed by atoms with van der Waals surface area (Å²) < 4.78 is 12.3. The highest BCUT2D eigenvalue weighted by molar-refractivity contribution is 5.64.